The number of aromatic amines is 1. The van der Waals surface area contributed by atoms with Gasteiger partial charge in [0.2, 0.25) is 17.1 Å². The minimum atomic E-state index is -0.124. The van der Waals surface area contributed by atoms with Crippen molar-refractivity contribution in [3.05, 3.63) is 45.3 Å². The Morgan fingerprint density at radius 1 is 1.19 bits per heavy atom. The number of hydrogen-bond acceptors (Lipinski definition) is 3. The molecule has 0 radical (unpaired) electrons. The second kappa shape index (κ2) is 8.35. The first-order valence-electron chi connectivity index (χ1n) is 7.11. The summed E-state index contributed by atoms with van der Waals surface area (Å²) in [6, 6.07) is 0. The smallest absolute Gasteiger partial charge is 0.238 e. The van der Waals surface area contributed by atoms with Gasteiger partial charge in [-0.05, 0) is 40.0 Å². The van der Waals surface area contributed by atoms with Gasteiger partial charge in [0.1, 0.15) is 0 Å². The molecule has 0 aliphatic rings. The summed E-state index contributed by atoms with van der Waals surface area (Å²) in [5, 5.41) is 0. The first kappa shape index (κ1) is 17.1. The van der Waals surface area contributed by atoms with E-state index in [0.717, 1.165) is 12.8 Å². The highest BCUT2D eigenvalue weighted by Gasteiger charge is 2.11. The van der Waals surface area contributed by atoms with Gasteiger partial charge in [0, 0.05) is 11.8 Å². The minimum absolute atomic E-state index is 0.124. The Morgan fingerprint density at radius 2 is 1.90 bits per heavy atom. The van der Waals surface area contributed by atoms with Crippen molar-refractivity contribution in [1.82, 2.24) is 4.98 Å². The summed E-state index contributed by atoms with van der Waals surface area (Å²) in [4.78, 5) is 15.2. The lowest BCUT2D eigenvalue weighted by atomic mass is 10.1. The highest BCUT2D eigenvalue weighted by Crippen LogP contribution is 2.19. The summed E-state index contributed by atoms with van der Waals surface area (Å²) in [5.74, 6) is 0.584. The third kappa shape index (κ3) is 5.14. The van der Waals surface area contributed by atoms with Crippen molar-refractivity contribution in [2.45, 2.75) is 40.0 Å². The number of H-pyrrole nitrogens is 1. The maximum absolute atomic E-state index is 12.2. The maximum atomic E-state index is 12.2. The summed E-state index contributed by atoms with van der Waals surface area (Å²) in [5.41, 5.74) is 3.16. The highest BCUT2D eigenvalue weighted by molar-refractivity contribution is 5.37. The van der Waals surface area contributed by atoms with E-state index in [1.54, 1.807) is 6.20 Å². The molecular formula is C17H25NO3. The molecule has 1 rings (SSSR count). The highest BCUT2D eigenvalue weighted by atomic mass is 16.5. The van der Waals surface area contributed by atoms with Crippen LogP contribution in [0.15, 0.2) is 34.3 Å². The molecule has 0 aliphatic heterocycles. The predicted molar refractivity (Wildman–Crippen MR) is 86.3 cm³/mol. The molecule has 4 nitrogen and oxygen atoms in total. The van der Waals surface area contributed by atoms with Gasteiger partial charge in [0.15, 0.2) is 0 Å². The van der Waals surface area contributed by atoms with Gasteiger partial charge in [-0.3, -0.25) is 4.79 Å². The van der Waals surface area contributed by atoms with Crippen LogP contribution in [0.1, 0.15) is 39.2 Å². The van der Waals surface area contributed by atoms with Crippen molar-refractivity contribution >= 4 is 0 Å². The van der Waals surface area contributed by atoms with Crippen LogP contribution < -0.4 is 14.9 Å². The van der Waals surface area contributed by atoms with E-state index < -0.39 is 0 Å². The Morgan fingerprint density at radius 3 is 2.48 bits per heavy atom. The number of aromatic nitrogens is 1. The van der Waals surface area contributed by atoms with Gasteiger partial charge in [-0.25, -0.2) is 0 Å². The fourth-order valence-electron chi connectivity index (χ4n) is 2.00. The van der Waals surface area contributed by atoms with Gasteiger partial charge >= 0.3 is 0 Å². The SMILES string of the molecule is COc1[nH]cc(C/C=C(\C)CCC=C(C)C)c(=O)c1OC. The van der Waals surface area contributed by atoms with Gasteiger partial charge in [0.25, 0.3) is 0 Å². The average molecular weight is 291 g/mol. The molecule has 0 fully saturated rings. The lowest BCUT2D eigenvalue weighted by Gasteiger charge is -2.08. The Labute approximate surface area is 126 Å². The topological polar surface area (TPSA) is 51.3 Å². The first-order valence-corrected chi connectivity index (χ1v) is 7.11. The molecule has 1 aromatic heterocycles. The third-order valence-corrected chi connectivity index (χ3v) is 3.25. The Hall–Kier alpha value is -1.97. The molecule has 0 aliphatic carbocycles. The van der Waals surface area contributed by atoms with Crippen LogP contribution in [0.25, 0.3) is 0 Å². The zero-order valence-corrected chi connectivity index (χ0v) is 13.6. The van der Waals surface area contributed by atoms with Crippen LogP contribution in [0.2, 0.25) is 0 Å². The molecule has 0 aromatic carbocycles. The Bertz CT molecular complexity index is 578. The molecule has 0 bridgehead atoms. The maximum Gasteiger partial charge on any atom is 0.238 e. The lowest BCUT2D eigenvalue weighted by Crippen LogP contribution is -2.13. The number of methoxy groups -OCH3 is 2. The van der Waals surface area contributed by atoms with Crippen LogP contribution in [0.5, 0.6) is 11.6 Å². The number of allylic oxidation sites excluding steroid dienone is 4. The molecule has 0 spiro atoms. The Balaban J connectivity index is 2.80. The molecule has 0 saturated carbocycles. The largest absolute Gasteiger partial charge is 0.488 e. The van der Waals surface area contributed by atoms with E-state index >= 15 is 0 Å². The predicted octanol–water partition coefficient (Wildman–Crippen LogP) is 3.63. The lowest BCUT2D eigenvalue weighted by molar-refractivity contribution is 0.340. The number of nitrogens with one attached hydrogen (secondary N) is 1. The molecule has 0 saturated heterocycles. The van der Waals surface area contributed by atoms with Crippen LogP contribution in [0.3, 0.4) is 0 Å². The quantitative estimate of drug-likeness (QED) is 0.780. The average Bonchev–Trinajstić information content (AvgIpc) is 2.45. The molecule has 0 amide bonds. The number of pyridine rings is 1. The van der Waals surface area contributed by atoms with Crippen LogP contribution in [-0.2, 0) is 6.42 Å². The number of hydrogen-bond donors (Lipinski definition) is 1. The van der Waals surface area contributed by atoms with Crippen molar-refractivity contribution in [2.24, 2.45) is 0 Å². The molecule has 1 N–H and O–H groups in total. The van der Waals surface area contributed by atoms with E-state index in [4.69, 9.17) is 9.47 Å². The van der Waals surface area contributed by atoms with E-state index in [2.05, 4.69) is 37.9 Å². The normalized spacial score (nSPS) is 11.2. The summed E-state index contributed by atoms with van der Waals surface area (Å²) in [6.45, 7) is 6.29. The van der Waals surface area contributed by atoms with Crippen molar-refractivity contribution < 1.29 is 9.47 Å². The van der Waals surface area contributed by atoms with Gasteiger partial charge in [-0.2, -0.15) is 0 Å². The van der Waals surface area contributed by atoms with Crippen molar-refractivity contribution in [1.29, 1.82) is 0 Å². The Kier molecular flexibility index (Phi) is 6.79. The molecule has 1 aromatic rings. The summed E-state index contributed by atoms with van der Waals surface area (Å²) in [6.07, 6.45) is 8.64. The van der Waals surface area contributed by atoms with Crippen molar-refractivity contribution in [3.8, 4) is 11.6 Å². The first-order chi connectivity index (χ1) is 9.99. The van der Waals surface area contributed by atoms with Gasteiger partial charge in [-0.1, -0.05) is 23.3 Å². The van der Waals surface area contributed by atoms with E-state index in [0.29, 0.717) is 17.9 Å². The standard InChI is InChI=1S/C17H25NO3/c1-12(2)7-6-8-13(3)9-10-14-11-18-17(21-5)16(20-4)15(14)19/h7,9,11H,6,8,10H2,1-5H3,(H,18,19)/b13-9+. The van der Waals surface area contributed by atoms with E-state index in [-0.39, 0.29) is 11.2 Å². The van der Waals surface area contributed by atoms with Crippen molar-refractivity contribution in [3.63, 3.8) is 0 Å². The second-order valence-corrected chi connectivity index (χ2v) is 5.28. The van der Waals surface area contributed by atoms with Gasteiger partial charge in [-0.15, -0.1) is 0 Å². The van der Waals surface area contributed by atoms with Gasteiger partial charge < -0.3 is 14.5 Å². The van der Waals surface area contributed by atoms with Gasteiger partial charge in [0.05, 0.1) is 14.2 Å². The summed E-state index contributed by atoms with van der Waals surface area (Å²) in [7, 11) is 2.97. The zero-order chi connectivity index (χ0) is 15.8. The molecule has 21 heavy (non-hydrogen) atoms. The molecule has 0 unspecified atom stereocenters. The van der Waals surface area contributed by atoms with Crippen LogP contribution in [-0.4, -0.2) is 19.2 Å². The van der Waals surface area contributed by atoms with E-state index in [1.807, 2.05) is 0 Å². The van der Waals surface area contributed by atoms with Crippen molar-refractivity contribution in [2.75, 3.05) is 14.2 Å². The molecule has 0 atom stereocenters. The molecule has 116 valence electrons. The zero-order valence-electron chi connectivity index (χ0n) is 13.6. The number of rotatable bonds is 7. The summed E-state index contributed by atoms with van der Waals surface area (Å²) >= 11 is 0. The van der Waals surface area contributed by atoms with E-state index in [9.17, 15) is 4.79 Å². The fourth-order valence-corrected chi connectivity index (χ4v) is 2.00. The van der Waals surface area contributed by atoms with Crippen LogP contribution in [0, 0.1) is 0 Å². The fraction of sp³-hybridized carbons (Fsp3) is 0.471. The monoisotopic (exact) mass is 291 g/mol. The van der Waals surface area contributed by atoms with E-state index in [1.165, 1.54) is 25.4 Å². The summed E-state index contributed by atoms with van der Waals surface area (Å²) < 4.78 is 10.2. The third-order valence-electron chi connectivity index (χ3n) is 3.25. The second-order valence-electron chi connectivity index (χ2n) is 5.28. The molecular weight excluding hydrogens is 266 g/mol. The van der Waals surface area contributed by atoms with Crippen LogP contribution >= 0.6 is 0 Å². The number of ether oxygens (including phenoxy) is 2. The molecule has 4 heteroatoms. The minimum Gasteiger partial charge on any atom is -0.488 e. The van der Waals surface area contributed by atoms with Crippen LogP contribution in [0.4, 0.5) is 0 Å². The molecule has 1 heterocycles.